The van der Waals surface area contributed by atoms with Crippen LogP contribution in [-0.4, -0.2) is 17.3 Å². The molecule has 0 aliphatic carbocycles. The zero-order valence-electron chi connectivity index (χ0n) is 12.6. The predicted molar refractivity (Wildman–Crippen MR) is 84.8 cm³/mol. The Balaban J connectivity index is 1.90. The van der Waals surface area contributed by atoms with Crippen LogP contribution in [-0.2, 0) is 13.0 Å². The summed E-state index contributed by atoms with van der Waals surface area (Å²) in [5.74, 6) is 0.135. The second kappa shape index (κ2) is 5.68. The van der Waals surface area contributed by atoms with Gasteiger partial charge in [0.15, 0.2) is 5.78 Å². The summed E-state index contributed by atoms with van der Waals surface area (Å²) >= 11 is 0. The number of Topliss-reactive ketones (excluding diaryl/α,β-unsaturated/α-hetero) is 1. The molecule has 3 heteroatoms. The lowest BCUT2D eigenvalue weighted by Crippen LogP contribution is -2.29. The van der Waals surface area contributed by atoms with Gasteiger partial charge in [0.25, 0.3) is 0 Å². The number of fused-ring (bicyclic) bond motifs is 1. The molecule has 0 spiro atoms. The van der Waals surface area contributed by atoms with E-state index in [1.54, 1.807) is 6.92 Å². The van der Waals surface area contributed by atoms with E-state index in [9.17, 15) is 4.79 Å². The average molecular weight is 280 g/mol. The van der Waals surface area contributed by atoms with Gasteiger partial charge in [-0.05, 0) is 62.1 Å². The fourth-order valence-electron chi connectivity index (χ4n) is 2.92. The maximum atomic E-state index is 11.5. The van der Waals surface area contributed by atoms with Crippen molar-refractivity contribution in [2.45, 2.75) is 33.2 Å². The van der Waals surface area contributed by atoms with Gasteiger partial charge < -0.3 is 4.90 Å². The fraction of sp³-hybridized carbons (Fsp3) is 0.333. The lowest BCUT2D eigenvalue weighted by Gasteiger charge is -2.31. The van der Waals surface area contributed by atoms with Crippen LogP contribution in [0.25, 0.3) is 0 Å². The van der Waals surface area contributed by atoms with Crippen molar-refractivity contribution in [3.63, 3.8) is 0 Å². The third-order valence-electron chi connectivity index (χ3n) is 4.16. The lowest BCUT2D eigenvalue weighted by atomic mass is 9.97. The number of nitrogens with zero attached hydrogens (tertiary/aromatic N) is 2. The number of hydrogen-bond acceptors (Lipinski definition) is 3. The first kappa shape index (κ1) is 13.8. The Morgan fingerprint density at radius 1 is 1.33 bits per heavy atom. The average Bonchev–Trinajstić information content (AvgIpc) is 2.49. The van der Waals surface area contributed by atoms with E-state index in [0.29, 0.717) is 0 Å². The Kier molecular flexibility index (Phi) is 3.74. The van der Waals surface area contributed by atoms with E-state index in [-0.39, 0.29) is 5.78 Å². The molecule has 0 radical (unpaired) electrons. The number of carbonyl (C=O) groups excluding carboxylic acids is 1. The van der Waals surface area contributed by atoms with Gasteiger partial charge in [-0.25, -0.2) is 0 Å². The lowest BCUT2D eigenvalue weighted by molar-refractivity contribution is 0.101. The monoisotopic (exact) mass is 280 g/mol. The molecule has 0 bridgehead atoms. The molecule has 0 fully saturated rings. The molecular weight excluding hydrogens is 260 g/mol. The Morgan fingerprint density at radius 2 is 2.19 bits per heavy atom. The first-order chi connectivity index (χ1) is 10.1. The van der Waals surface area contributed by atoms with Crippen LogP contribution in [0.3, 0.4) is 0 Å². The summed E-state index contributed by atoms with van der Waals surface area (Å²) in [7, 11) is 0. The zero-order chi connectivity index (χ0) is 14.8. The second-order valence-electron chi connectivity index (χ2n) is 5.69. The molecular formula is C18H20N2O. The molecule has 1 aliphatic rings. The minimum atomic E-state index is 0.135. The van der Waals surface area contributed by atoms with Crippen LogP contribution in [0.5, 0.6) is 0 Å². The SMILES string of the molecule is CC(=O)c1ccc2c(c1)CCCN2Cc1ncccc1C. The molecule has 2 aromatic rings. The standard InChI is InChI=1S/C18H20N2O/c1-13-5-3-9-19-17(13)12-20-10-4-6-16-11-15(14(2)21)7-8-18(16)20/h3,5,7-9,11H,4,6,10,12H2,1-2H3. The van der Waals surface area contributed by atoms with Crippen molar-refractivity contribution in [1.29, 1.82) is 0 Å². The maximum absolute atomic E-state index is 11.5. The van der Waals surface area contributed by atoms with Gasteiger partial charge in [0.2, 0.25) is 0 Å². The van der Waals surface area contributed by atoms with Crippen molar-refractivity contribution in [3.05, 3.63) is 58.9 Å². The minimum absolute atomic E-state index is 0.135. The summed E-state index contributed by atoms with van der Waals surface area (Å²) in [4.78, 5) is 18.4. The van der Waals surface area contributed by atoms with Crippen LogP contribution in [0.2, 0.25) is 0 Å². The Labute approximate surface area is 125 Å². The number of hydrogen-bond donors (Lipinski definition) is 0. The number of ketones is 1. The van der Waals surface area contributed by atoms with Crippen molar-refractivity contribution in [2.24, 2.45) is 0 Å². The van der Waals surface area contributed by atoms with E-state index >= 15 is 0 Å². The molecule has 21 heavy (non-hydrogen) atoms. The molecule has 3 nitrogen and oxygen atoms in total. The maximum Gasteiger partial charge on any atom is 0.159 e. The van der Waals surface area contributed by atoms with Gasteiger partial charge >= 0.3 is 0 Å². The van der Waals surface area contributed by atoms with Crippen molar-refractivity contribution in [3.8, 4) is 0 Å². The van der Waals surface area contributed by atoms with E-state index in [2.05, 4.69) is 35.0 Å². The largest absolute Gasteiger partial charge is 0.365 e. The van der Waals surface area contributed by atoms with Crippen LogP contribution in [0.4, 0.5) is 5.69 Å². The predicted octanol–water partition coefficient (Wildman–Crippen LogP) is 3.55. The minimum Gasteiger partial charge on any atom is -0.365 e. The van der Waals surface area contributed by atoms with Gasteiger partial charge in [-0.3, -0.25) is 9.78 Å². The van der Waals surface area contributed by atoms with Crippen molar-refractivity contribution < 1.29 is 4.79 Å². The summed E-state index contributed by atoms with van der Waals surface area (Å²) in [6.45, 7) is 5.60. The van der Waals surface area contributed by atoms with Crippen LogP contribution in [0, 0.1) is 6.92 Å². The quantitative estimate of drug-likeness (QED) is 0.806. The summed E-state index contributed by atoms with van der Waals surface area (Å²) in [6.07, 6.45) is 4.03. The van der Waals surface area contributed by atoms with Gasteiger partial charge in [-0.2, -0.15) is 0 Å². The topological polar surface area (TPSA) is 33.2 Å². The highest BCUT2D eigenvalue weighted by atomic mass is 16.1. The van der Waals surface area contributed by atoms with E-state index in [0.717, 1.165) is 37.2 Å². The molecule has 0 amide bonds. The van der Waals surface area contributed by atoms with Crippen LogP contribution in [0.15, 0.2) is 36.5 Å². The first-order valence-electron chi connectivity index (χ1n) is 7.44. The number of pyridine rings is 1. The molecule has 108 valence electrons. The fourth-order valence-corrected chi connectivity index (χ4v) is 2.92. The normalized spacial score (nSPS) is 13.9. The number of carbonyl (C=O) groups is 1. The third kappa shape index (κ3) is 2.82. The molecule has 3 rings (SSSR count). The van der Waals surface area contributed by atoms with Gasteiger partial charge in [-0.15, -0.1) is 0 Å². The van der Waals surface area contributed by atoms with E-state index < -0.39 is 0 Å². The number of anilines is 1. The van der Waals surface area contributed by atoms with Gasteiger partial charge in [-0.1, -0.05) is 6.07 Å². The highest BCUT2D eigenvalue weighted by molar-refractivity contribution is 5.94. The molecule has 0 N–H and O–H groups in total. The number of aromatic nitrogens is 1. The van der Waals surface area contributed by atoms with Gasteiger partial charge in [0.1, 0.15) is 0 Å². The van der Waals surface area contributed by atoms with Crippen molar-refractivity contribution >= 4 is 11.5 Å². The number of rotatable bonds is 3. The number of aryl methyl sites for hydroxylation is 2. The highest BCUT2D eigenvalue weighted by Crippen LogP contribution is 2.29. The molecule has 1 aliphatic heterocycles. The van der Waals surface area contributed by atoms with E-state index in [1.807, 2.05) is 18.3 Å². The van der Waals surface area contributed by atoms with Crippen molar-refractivity contribution in [1.82, 2.24) is 4.98 Å². The van der Waals surface area contributed by atoms with E-state index in [4.69, 9.17) is 0 Å². The smallest absolute Gasteiger partial charge is 0.159 e. The molecule has 1 aromatic carbocycles. The second-order valence-corrected chi connectivity index (χ2v) is 5.69. The summed E-state index contributed by atoms with van der Waals surface area (Å²) in [6, 6.07) is 10.2. The molecule has 0 saturated carbocycles. The van der Waals surface area contributed by atoms with Crippen molar-refractivity contribution in [2.75, 3.05) is 11.4 Å². The summed E-state index contributed by atoms with van der Waals surface area (Å²) in [5, 5.41) is 0. The molecule has 0 atom stereocenters. The van der Waals surface area contributed by atoms with Crippen LogP contribution < -0.4 is 4.90 Å². The van der Waals surface area contributed by atoms with E-state index in [1.165, 1.54) is 16.8 Å². The Bertz CT molecular complexity index is 679. The number of benzene rings is 1. The first-order valence-corrected chi connectivity index (χ1v) is 7.44. The third-order valence-corrected chi connectivity index (χ3v) is 4.16. The molecule has 2 heterocycles. The molecule has 0 unspecified atom stereocenters. The molecule has 1 aromatic heterocycles. The highest BCUT2D eigenvalue weighted by Gasteiger charge is 2.18. The van der Waals surface area contributed by atoms with Crippen LogP contribution in [0.1, 0.15) is 40.5 Å². The molecule has 0 saturated heterocycles. The van der Waals surface area contributed by atoms with Gasteiger partial charge in [0, 0.05) is 24.0 Å². The summed E-state index contributed by atoms with van der Waals surface area (Å²) < 4.78 is 0. The van der Waals surface area contributed by atoms with Gasteiger partial charge in [0.05, 0.1) is 12.2 Å². The Morgan fingerprint density at radius 3 is 2.95 bits per heavy atom. The van der Waals surface area contributed by atoms with Crippen LogP contribution >= 0.6 is 0 Å². The zero-order valence-corrected chi connectivity index (χ0v) is 12.6. The summed E-state index contributed by atoms with van der Waals surface area (Å²) in [5.41, 5.74) is 5.69. The Hall–Kier alpha value is -2.16.